The summed E-state index contributed by atoms with van der Waals surface area (Å²) in [7, 11) is 0. The highest BCUT2D eigenvalue weighted by molar-refractivity contribution is 8.18. The molecular weight excluding hydrogens is 353 g/mol. The van der Waals surface area contributed by atoms with Gasteiger partial charge in [0.15, 0.2) is 5.17 Å². The highest BCUT2D eigenvalue weighted by atomic mass is 32.2. The lowest BCUT2D eigenvalue weighted by atomic mass is 10.2. The topological polar surface area (TPSA) is 54.6 Å². The van der Waals surface area contributed by atoms with Crippen molar-refractivity contribution >= 4 is 34.6 Å². The first-order valence-corrected chi connectivity index (χ1v) is 7.90. The van der Waals surface area contributed by atoms with Crippen LogP contribution in [-0.4, -0.2) is 11.1 Å². The lowest BCUT2D eigenvalue weighted by Gasteiger charge is -2.06. The number of halogens is 3. The minimum Gasteiger partial charge on any atom is -0.465 e. The van der Waals surface area contributed by atoms with E-state index in [2.05, 4.69) is 10.3 Å². The molecule has 1 N–H and O–H groups in total. The van der Waals surface area contributed by atoms with Crippen LogP contribution in [0.25, 0.3) is 6.08 Å². The summed E-state index contributed by atoms with van der Waals surface area (Å²) in [4.78, 5) is 16.3. The van der Waals surface area contributed by atoms with Crippen molar-refractivity contribution in [3.05, 3.63) is 71.0 Å². The van der Waals surface area contributed by atoms with Crippen molar-refractivity contribution in [3.63, 3.8) is 0 Å². The third-order valence-corrected chi connectivity index (χ3v) is 4.03. The third kappa shape index (κ3) is 4.42. The lowest BCUT2D eigenvalue weighted by Crippen LogP contribution is -2.19. The number of allylic oxidation sites excluding steroid dienone is 2. The summed E-state index contributed by atoms with van der Waals surface area (Å²) in [5.41, 5.74) is -0.675. The Morgan fingerprint density at radius 2 is 2.04 bits per heavy atom. The number of hydrogen-bond acceptors (Lipinski definition) is 4. The van der Waals surface area contributed by atoms with E-state index in [1.165, 1.54) is 18.4 Å². The number of aliphatic imine (C=N–C) groups is 1. The zero-order valence-corrected chi connectivity index (χ0v) is 13.4. The molecule has 25 heavy (non-hydrogen) atoms. The molecule has 2 heterocycles. The van der Waals surface area contributed by atoms with Crippen molar-refractivity contribution in [1.29, 1.82) is 0 Å². The third-order valence-electron chi connectivity index (χ3n) is 3.11. The van der Waals surface area contributed by atoms with Gasteiger partial charge in [-0.3, -0.25) is 4.79 Å². The Morgan fingerprint density at radius 1 is 1.20 bits per heavy atom. The zero-order valence-electron chi connectivity index (χ0n) is 12.6. The number of nitrogens with one attached hydrogen (secondary N) is 1. The molecule has 0 unspecified atom stereocenters. The number of benzene rings is 1. The standard InChI is InChI=1S/C17H11F3N2O2S/c18-17(19,20)11-4-1-5-12(10-11)21-16-22-15(23)14(25-16)8-2-6-13-7-3-9-24-13/h1-10H,(H,21,22,23)/b6-2+,14-8-. The minimum atomic E-state index is -4.44. The van der Waals surface area contributed by atoms with Crippen LogP contribution in [0.1, 0.15) is 11.3 Å². The predicted molar refractivity (Wildman–Crippen MR) is 90.1 cm³/mol. The molecule has 8 heteroatoms. The number of thioether (sulfide) groups is 1. The molecule has 1 aromatic heterocycles. The summed E-state index contributed by atoms with van der Waals surface area (Å²) in [6.07, 6.45) is 2.00. The molecule has 0 saturated carbocycles. The average Bonchev–Trinajstić information content (AvgIpc) is 3.17. The number of amides is 1. The fourth-order valence-electron chi connectivity index (χ4n) is 1.98. The maximum Gasteiger partial charge on any atom is 0.416 e. The second kappa shape index (κ2) is 7.02. The number of alkyl halides is 3. The summed E-state index contributed by atoms with van der Waals surface area (Å²) < 4.78 is 43.3. The van der Waals surface area contributed by atoms with Crippen LogP contribution in [0.3, 0.4) is 0 Å². The van der Waals surface area contributed by atoms with Crippen LogP contribution in [0.15, 0.2) is 69.1 Å². The van der Waals surface area contributed by atoms with Crippen molar-refractivity contribution in [2.75, 3.05) is 0 Å². The van der Waals surface area contributed by atoms with Crippen molar-refractivity contribution in [2.24, 2.45) is 4.99 Å². The quantitative estimate of drug-likeness (QED) is 0.800. The minimum absolute atomic E-state index is 0.116. The molecule has 0 atom stereocenters. The molecular formula is C17H11F3N2O2S. The van der Waals surface area contributed by atoms with Gasteiger partial charge < -0.3 is 9.73 Å². The SMILES string of the molecule is O=C1NC(=Nc2cccc(C(F)(F)F)c2)S/C1=C\C=C\c1ccco1. The fraction of sp³-hybridized carbons (Fsp3) is 0.0588. The first kappa shape index (κ1) is 17.1. The van der Waals surface area contributed by atoms with Crippen molar-refractivity contribution < 1.29 is 22.4 Å². The number of carbonyl (C=O) groups is 1. The van der Waals surface area contributed by atoms with Crippen molar-refractivity contribution in [2.45, 2.75) is 6.18 Å². The molecule has 2 aromatic rings. The van der Waals surface area contributed by atoms with Crippen molar-refractivity contribution in [3.8, 4) is 0 Å². The van der Waals surface area contributed by atoms with Gasteiger partial charge in [-0.2, -0.15) is 13.2 Å². The Morgan fingerprint density at radius 3 is 2.76 bits per heavy atom. The molecule has 0 radical (unpaired) electrons. The van der Waals surface area contributed by atoms with Gasteiger partial charge in [0.25, 0.3) is 5.91 Å². The van der Waals surface area contributed by atoms with Crippen LogP contribution < -0.4 is 5.32 Å². The molecule has 4 nitrogen and oxygen atoms in total. The fourth-order valence-corrected chi connectivity index (χ4v) is 2.77. The van der Waals surface area contributed by atoms with E-state index >= 15 is 0 Å². The van der Waals surface area contributed by atoms with E-state index < -0.39 is 11.7 Å². The van der Waals surface area contributed by atoms with Gasteiger partial charge in [0.05, 0.1) is 22.4 Å². The summed E-state index contributed by atoms with van der Waals surface area (Å²) in [6.45, 7) is 0. The molecule has 128 valence electrons. The van der Waals surface area contributed by atoms with Crippen LogP contribution >= 0.6 is 11.8 Å². The summed E-state index contributed by atoms with van der Waals surface area (Å²) in [5, 5.41) is 2.75. The Kier molecular flexibility index (Phi) is 4.80. The van der Waals surface area contributed by atoms with Crippen LogP contribution in [0.5, 0.6) is 0 Å². The molecule has 0 aliphatic carbocycles. The molecule has 1 amide bonds. The van der Waals surface area contributed by atoms with Crippen LogP contribution in [-0.2, 0) is 11.0 Å². The second-order valence-electron chi connectivity index (χ2n) is 4.93. The van der Waals surface area contributed by atoms with Gasteiger partial charge in [-0.05, 0) is 54.2 Å². The normalized spacial score (nSPS) is 18.4. The maximum absolute atomic E-state index is 12.7. The summed E-state index contributed by atoms with van der Waals surface area (Å²) >= 11 is 1.05. The van der Waals surface area contributed by atoms with Gasteiger partial charge in [-0.15, -0.1) is 0 Å². The van der Waals surface area contributed by atoms with Gasteiger partial charge in [-0.1, -0.05) is 12.1 Å². The number of rotatable bonds is 3. The highest BCUT2D eigenvalue weighted by Gasteiger charge is 2.30. The van der Waals surface area contributed by atoms with Crippen LogP contribution in [0, 0.1) is 0 Å². The first-order chi connectivity index (χ1) is 11.9. The van der Waals surface area contributed by atoms with Gasteiger partial charge in [0, 0.05) is 0 Å². The van der Waals surface area contributed by atoms with E-state index in [4.69, 9.17) is 4.42 Å². The van der Waals surface area contributed by atoms with E-state index in [9.17, 15) is 18.0 Å². The Balaban J connectivity index is 1.75. The molecule has 1 aromatic carbocycles. The largest absolute Gasteiger partial charge is 0.465 e. The van der Waals surface area contributed by atoms with Crippen molar-refractivity contribution in [1.82, 2.24) is 5.32 Å². The Bertz CT molecular complexity index is 868. The number of hydrogen-bond donors (Lipinski definition) is 1. The smallest absolute Gasteiger partial charge is 0.416 e. The number of nitrogens with zero attached hydrogens (tertiary/aromatic N) is 1. The van der Waals surface area contributed by atoms with Crippen LogP contribution in [0.2, 0.25) is 0 Å². The first-order valence-electron chi connectivity index (χ1n) is 7.09. The summed E-state index contributed by atoms with van der Waals surface area (Å²) in [6, 6.07) is 8.11. The van der Waals surface area contributed by atoms with E-state index in [-0.39, 0.29) is 16.8 Å². The van der Waals surface area contributed by atoms with E-state index in [1.54, 1.807) is 30.4 Å². The molecule has 0 spiro atoms. The van der Waals surface area contributed by atoms with E-state index in [0.717, 1.165) is 23.9 Å². The predicted octanol–water partition coefficient (Wildman–Crippen LogP) is 4.75. The lowest BCUT2D eigenvalue weighted by molar-refractivity contribution is -0.137. The molecule has 1 aliphatic heterocycles. The number of furan rings is 1. The van der Waals surface area contributed by atoms with Crippen LogP contribution in [0.4, 0.5) is 18.9 Å². The molecule has 1 saturated heterocycles. The van der Waals surface area contributed by atoms with Gasteiger partial charge in [0.2, 0.25) is 0 Å². The number of carbonyl (C=O) groups excluding carboxylic acids is 1. The van der Waals surface area contributed by atoms with Gasteiger partial charge >= 0.3 is 6.18 Å². The van der Waals surface area contributed by atoms with E-state index in [1.807, 2.05) is 0 Å². The monoisotopic (exact) mass is 364 g/mol. The Labute approximate surface area is 145 Å². The molecule has 1 fully saturated rings. The second-order valence-corrected chi connectivity index (χ2v) is 5.96. The zero-order chi connectivity index (χ0) is 17.9. The maximum atomic E-state index is 12.7. The molecule has 1 aliphatic rings. The Hall–Kier alpha value is -2.74. The van der Waals surface area contributed by atoms with Gasteiger partial charge in [0.1, 0.15) is 5.76 Å². The molecule has 0 bridgehead atoms. The average molecular weight is 364 g/mol. The highest BCUT2D eigenvalue weighted by Crippen LogP contribution is 2.32. The van der Waals surface area contributed by atoms with E-state index in [0.29, 0.717) is 10.7 Å². The van der Waals surface area contributed by atoms with Gasteiger partial charge in [-0.25, -0.2) is 4.99 Å². The molecule has 3 rings (SSSR count). The summed E-state index contributed by atoms with van der Waals surface area (Å²) in [5.74, 6) is 0.276. The number of amidine groups is 1.